The molecule has 0 radical (unpaired) electrons. The van der Waals surface area contributed by atoms with Crippen LogP contribution in [0.1, 0.15) is 5.56 Å². The van der Waals surface area contributed by atoms with Gasteiger partial charge >= 0.3 is 0 Å². The van der Waals surface area contributed by atoms with E-state index in [4.69, 9.17) is 15.2 Å². The Morgan fingerprint density at radius 1 is 1.39 bits per heavy atom. The highest BCUT2D eigenvalue weighted by molar-refractivity contribution is 9.10. The molecule has 5 nitrogen and oxygen atoms in total. The first-order valence-electron chi connectivity index (χ1n) is 5.48. The lowest BCUT2D eigenvalue weighted by Crippen LogP contribution is -2.12. The lowest BCUT2D eigenvalue weighted by molar-refractivity contribution is -0.0159. The molecule has 18 heavy (non-hydrogen) atoms. The minimum absolute atomic E-state index is 0.268. The molecule has 0 atom stereocenters. The summed E-state index contributed by atoms with van der Waals surface area (Å²) in [7, 11) is 1.81. The summed E-state index contributed by atoms with van der Waals surface area (Å²) in [5.74, 6) is 1.44. The summed E-state index contributed by atoms with van der Waals surface area (Å²) >= 11 is 3.49. The molecular formula is C12H12BrN3O2. The van der Waals surface area contributed by atoms with Crippen LogP contribution in [0.3, 0.4) is 0 Å². The Morgan fingerprint density at radius 3 is 2.94 bits per heavy atom. The molecule has 3 rings (SSSR count). The van der Waals surface area contributed by atoms with Crippen molar-refractivity contribution in [2.75, 3.05) is 12.5 Å². The molecule has 6 heteroatoms. The highest BCUT2D eigenvalue weighted by atomic mass is 79.9. The highest BCUT2D eigenvalue weighted by Gasteiger charge is 2.19. The fourth-order valence-corrected chi connectivity index (χ4v) is 2.49. The second-order valence-corrected chi connectivity index (χ2v) is 5.05. The van der Waals surface area contributed by atoms with Gasteiger partial charge in [0.2, 0.25) is 0 Å². The number of nitrogens with zero attached hydrogens (tertiary/aromatic N) is 2. The van der Waals surface area contributed by atoms with E-state index in [-0.39, 0.29) is 6.79 Å². The number of aromatic nitrogens is 2. The van der Waals surface area contributed by atoms with E-state index in [0.29, 0.717) is 12.4 Å². The van der Waals surface area contributed by atoms with Crippen molar-refractivity contribution in [2.24, 2.45) is 7.05 Å². The summed E-state index contributed by atoms with van der Waals surface area (Å²) in [6, 6.07) is 5.80. The zero-order chi connectivity index (χ0) is 12.7. The molecule has 1 aliphatic rings. The summed E-state index contributed by atoms with van der Waals surface area (Å²) in [6.45, 7) is 0.814. The third-order valence-electron chi connectivity index (χ3n) is 2.87. The van der Waals surface area contributed by atoms with E-state index in [2.05, 4.69) is 21.0 Å². The Morgan fingerprint density at radius 2 is 2.22 bits per heavy atom. The molecule has 0 saturated heterocycles. The molecular weight excluding hydrogens is 298 g/mol. The van der Waals surface area contributed by atoms with Crippen LogP contribution in [0, 0.1) is 0 Å². The molecule has 94 valence electrons. The molecule has 2 aromatic rings. The van der Waals surface area contributed by atoms with E-state index < -0.39 is 0 Å². The fraction of sp³-hybridized carbons (Fsp3) is 0.250. The number of rotatable bonds is 1. The van der Waals surface area contributed by atoms with E-state index in [1.807, 2.05) is 25.2 Å². The first-order valence-corrected chi connectivity index (χ1v) is 6.27. The molecule has 2 heterocycles. The van der Waals surface area contributed by atoms with Crippen LogP contribution in [0.25, 0.3) is 11.3 Å². The Balaban J connectivity index is 2.19. The fourth-order valence-electron chi connectivity index (χ4n) is 1.98. The van der Waals surface area contributed by atoms with Gasteiger partial charge in [0.25, 0.3) is 0 Å². The predicted molar refractivity (Wildman–Crippen MR) is 71.0 cm³/mol. The zero-order valence-electron chi connectivity index (χ0n) is 9.81. The average Bonchev–Trinajstić information content (AvgIpc) is 2.68. The maximum absolute atomic E-state index is 5.82. The molecule has 0 unspecified atom stereocenters. The minimum atomic E-state index is 0.268. The van der Waals surface area contributed by atoms with Gasteiger partial charge in [-0.15, -0.1) is 0 Å². The van der Waals surface area contributed by atoms with Gasteiger partial charge in [-0.2, -0.15) is 5.10 Å². The summed E-state index contributed by atoms with van der Waals surface area (Å²) in [6.07, 6.45) is 0. The van der Waals surface area contributed by atoms with Gasteiger partial charge in [0, 0.05) is 28.7 Å². The Hall–Kier alpha value is -1.53. The molecule has 0 amide bonds. The van der Waals surface area contributed by atoms with Crippen LogP contribution in [-0.4, -0.2) is 16.6 Å². The van der Waals surface area contributed by atoms with E-state index in [1.165, 1.54) is 0 Å². The van der Waals surface area contributed by atoms with E-state index in [9.17, 15) is 0 Å². The van der Waals surface area contributed by atoms with Crippen LogP contribution in [-0.2, 0) is 18.4 Å². The van der Waals surface area contributed by atoms with Crippen molar-refractivity contribution < 1.29 is 9.47 Å². The number of fused-ring (bicyclic) bond motifs is 1. The second kappa shape index (κ2) is 4.29. The standard InChI is InChI=1S/C12H12BrN3O2/c1-16-11(14)4-10(15-16)9-3-8(13)2-7-5-17-6-18-12(7)9/h2-4H,5-6,14H2,1H3. The molecule has 0 spiro atoms. The normalized spacial score (nSPS) is 14.1. The highest BCUT2D eigenvalue weighted by Crippen LogP contribution is 2.38. The molecule has 1 aliphatic heterocycles. The van der Waals surface area contributed by atoms with Crippen LogP contribution in [0.15, 0.2) is 22.7 Å². The third-order valence-corrected chi connectivity index (χ3v) is 3.32. The largest absolute Gasteiger partial charge is 0.466 e. The van der Waals surface area contributed by atoms with Crippen LogP contribution < -0.4 is 10.5 Å². The Labute approximate surface area is 113 Å². The Bertz CT molecular complexity index is 590. The molecule has 1 aromatic heterocycles. The second-order valence-electron chi connectivity index (χ2n) is 4.13. The molecule has 0 saturated carbocycles. The van der Waals surface area contributed by atoms with Gasteiger partial charge in [-0.05, 0) is 12.1 Å². The average molecular weight is 310 g/mol. The van der Waals surface area contributed by atoms with E-state index in [1.54, 1.807) is 4.68 Å². The SMILES string of the molecule is Cn1nc(-c2cc(Br)cc3c2OCOC3)cc1N. The quantitative estimate of drug-likeness (QED) is 0.878. The van der Waals surface area contributed by atoms with E-state index >= 15 is 0 Å². The van der Waals surface area contributed by atoms with Gasteiger partial charge in [0.15, 0.2) is 6.79 Å². The minimum Gasteiger partial charge on any atom is -0.466 e. The first kappa shape index (κ1) is 11.6. The number of aryl methyl sites for hydroxylation is 1. The van der Waals surface area contributed by atoms with Gasteiger partial charge in [0.05, 0.1) is 12.3 Å². The maximum atomic E-state index is 5.82. The molecule has 0 aliphatic carbocycles. The molecule has 0 bridgehead atoms. The summed E-state index contributed by atoms with van der Waals surface area (Å²) in [5.41, 5.74) is 8.55. The molecule has 2 N–H and O–H groups in total. The van der Waals surface area contributed by atoms with Crippen molar-refractivity contribution in [3.05, 3.63) is 28.2 Å². The number of hydrogen-bond donors (Lipinski definition) is 1. The van der Waals surface area contributed by atoms with Gasteiger partial charge in [-0.3, -0.25) is 4.68 Å². The van der Waals surface area contributed by atoms with E-state index in [0.717, 1.165) is 27.0 Å². The Kier molecular flexibility index (Phi) is 2.76. The van der Waals surface area contributed by atoms with Crippen molar-refractivity contribution >= 4 is 21.7 Å². The van der Waals surface area contributed by atoms with Gasteiger partial charge in [0.1, 0.15) is 11.6 Å². The molecule has 1 aromatic carbocycles. The number of hydrogen-bond acceptors (Lipinski definition) is 4. The maximum Gasteiger partial charge on any atom is 0.189 e. The van der Waals surface area contributed by atoms with Gasteiger partial charge in [-0.1, -0.05) is 15.9 Å². The van der Waals surface area contributed by atoms with Crippen LogP contribution in [0.4, 0.5) is 5.82 Å². The van der Waals surface area contributed by atoms with Crippen LogP contribution in [0.5, 0.6) is 5.75 Å². The predicted octanol–water partition coefficient (Wildman–Crippen LogP) is 2.30. The summed E-state index contributed by atoms with van der Waals surface area (Å²) in [4.78, 5) is 0. The van der Waals surface area contributed by atoms with Crippen molar-refractivity contribution in [3.63, 3.8) is 0 Å². The van der Waals surface area contributed by atoms with Crippen molar-refractivity contribution in [2.45, 2.75) is 6.61 Å². The van der Waals surface area contributed by atoms with Crippen LogP contribution >= 0.6 is 15.9 Å². The van der Waals surface area contributed by atoms with Crippen LogP contribution in [0.2, 0.25) is 0 Å². The van der Waals surface area contributed by atoms with Crippen molar-refractivity contribution in [1.82, 2.24) is 9.78 Å². The monoisotopic (exact) mass is 309 g/mol. The topological polar surface area (TPSA) is 62.3 Å². The van der Waals surface area contributed by atoms with Gasteiger partial charge < -0.3 is 15.2 Å². The number of nitrogens with two attached hydrogens (primary N) is 1. The first-order chi connectivity index (χ1) is 8.65. The number of benzene rings is 1. The van der Waals surface area contributed by atoms with Gasteiger partial charge in [-0.25, -0.2) is 0 Å². The number of halogens is 1. The van der Waals surface area contributed by atoms with Crippen molar-refractivity contribution in [3.8, 4) is 17.0 Å². The smallest absolute Gasteiger partial charge is 0.189 e. The molecule has 0 fully saturated rings. The lowest BCUT2D eigenvalue weighted by atomic mass is 10.1. The summed E-state index contributed by atoms with van der Waals surface area (Å²) < 4.78 is 13.5. The number of nitrogen functional groups attached to an aromatic ring is 1. The van der Waals surface area contributed by atoms with Crippen molar-refractivity contribution in [1.29, 1.82) is 0 Å². The zero-order valence-corrected chi connectivity index (χ0v) is 11.4. The number of ether oxygens (including phenoxy) is 2. The number of anilines is 1. The third kappa shape index (κ3) is 1.87. The lowest BCUT2D eigenvalue weighted by Gasteiger charge is -2.20. The summed E-state index contributed by atoms with van der Waals surface area (Å²) in [5, 5.41) is 4.38.